The average molecular weight is 479 g/mol. The third kappa shape index (κ3) is 6.17. The maximum atomic E-state index is 13.9. The Hall–Kier alpha value is -2.33. The molecule has 0 aliphatic carbocycles. The first-order valence-corrected chi connectivity index (χ1v) is 12.2. The number of amides is 1. The molecule has 0 bridgehead atoms. The Labute approximate surface area is 197 Å². The topological polar surface area (TPSA) is 84.7 Å². The van der Waals surface area contributed by atoms with Crippen LogP contribution in [0.5, 0.6) is 0 Å². The number of nitrogens with zero attached hydrogens (tertiary/aromatic N) is 4. The van der Waals surface area contributed by atoms with Gasteiger partial charge in [-0.15, -0.1) is 5.10 Å². The van der Waals surface area contributed by atoms with Crippen LogP contribution < -0.4 is 10.6 Å². The highest BCUT2D eigenvalue weighted by Gasteiger charge is 2.41. The molecule has 7 nitrogen and oxygen atoms in total. The van der Waals surface area contributed by atoms with E-state index in [0.717, 1.165) is 30.4 Å². The van der Waals surface area contributed by atoms with Crippen molar-refractivity contribution in [1.29, 1.82) is 0 Å². The largest absolute Gasteiger partial charge is 0.348 e. The lowest BCUT2D eigenvalue weighted by atomic mass is 9.83. The summed E-state index contributed by atoms with van der Waals surface area (Å²) < 4.78 is 29.3. The normalized spacial score (nSPS) is 17.9. The summed E-state index contributed by atoms with van der Waals surface area (Å²) in [4.78, 5) is 12.1. The van der Waals surface area contributed by atoms with E-state index in [4.69, 9.17) is 0 Å². The van der Waals surface area contributed by atoms with Crippen LogP contribution >= 0.6 is 11.8 Å². The average Bonchev–Trinajstić information content (AvgIpc) is 3.26. The summed E-state index contributed by atoms with van der Waals surface area (Å²) in [5.74, 6) is 0.669. The molecule has 2 heterocycles. The summed E-state index contributed by atoms with van der Waals surface area (Å²) >= 11 is 1.92. The number of benzene rings is 1. The molecule has 2 atom stereocenters. The van der Waals surface area contributed by atoms with Crippen LogP contribution in [0.25, 0.3) is 0 Å². The van der Waals surface area contributed by atoms with E-state index in [-0.39, 0.29) is 18.0 Å². The molecule has 0 saturated carbocycles. The van der Waals surface area contributed by atoms with Crippen LogP contribution in [0, 0.1) is 11.6 Å². The van der Waals surface area contributed by atoms with E-state index >= 15 is 0 Å². The minimum atomic E-state index is -0.897. The van der Waals surface area contributed by atoms with Gasteiger partial charge >= 0.3 is 0 Å². The van der Waals surface area contributed by atoms with E-state index in [0.29, 0.717) is 17.8 Å². The van der Waals surface area contributed by atoms with E-state index in [1.807, 2.05) is 44.1 Å². The molecule has 0 radical (unpaired) electrons. The van der Waals surface area contributed by atoms with E-state index in [1.165, 1.54) is 12.1 Å². The van der Waals surface area contributed by atoms with Gasteiger partial charge in [0.2, 0.25) is 5.91 Å². The zero-order valence-corrected chi connectivity index (χ0v) is 20.4. The van der Waals surface area contributed by atoms with E-state index in [1.54, 1.807) is 6.07 Å². The molecule has 0 spiro atoms. The first-order valence-electron chi connectivity index (χ1n) is 11.1. The van der Waals surface area contributed by atoms with Crippen LogP contribution in [-0.4, -0.2) is 43.2 Å². The number of thioether (sulfide) groups is 1. The van der Waals surface area contributed by atoms with Crippen molar-refractivity contribution in [2.75, 3.05) is 11.5 Å². The smallest absolute Gasteiger partial charge is 0.243 e. The SMILES string of the molecule is C=CC(=O)NC(C)(C)CC(C)(N[C@@H](C)c1ccc(F)c(F)c1)c1nnnn1C1CCSCC1. The quantitative estimate of drug-likeness (QED) is 0.529. The molecule has 1 aliphatic rings. The Bertz CT molecular complexity index is 991. The number of halogens is 2. The monoisotopic (exact) mass is 478 g/mol. The van der Waals surface area contributed by atoms with Crippen molar-refractivity contribution in [3.05, 3.63) is 53.9 Å². The zero-order chi connectivity index (χ0) is 24.2. The van der Waals surface area contributed by atoms with Crippen LogP contribution in [0.2, 0.25) is 0 Å². The van der Waals surface area contributed by atoms with Crippen LogP contribution in [0.15, 0.2) is 30.9 Å². The second-order valence-corrected chi connectivity index (χ2v) is 10.6. The molecule has 1 amide bonds. The second-order valence-electron chi connectivity index (χ2n) is 9.42. The lowest BCUT2D eigenvalue weighted by Crippen LogP contribution is -2.53. The molecule has 1 fully saturated rings. The molecule has 1 unspecified atom stereocenters. The van der Waals surface area contributed by atoms with E-state index < -0.39 is 22.7 Å². The minimum Gasteiger partial charge on any atom is -0.348 e. The van der Waals surface area contributed by atoms with Crippen LogP contribution in [-0.2, 0) is 10.3 Å². The highest BCUT2D eigenvalue weighted by molar-refractivity contribution is 7.99. The molecule has 1 aromatic heterocycles. The summed E-state index contributed by atoms with van der Waals surface area (Å²) in [7, 11) is 0. The van der Waals surface area contributed by atoms with Gasteiger partial charge in [-0.25, -0.2) is 13.5 Å². The third-order valence-corrected chi connectivity index (χ3v) is 6.99. The number of carbonyl (C=O) groups excluding carboxylic acids is 1. The van der Waals surface area contributed by atoms with Gasteiger partial charge in [-0.1, -0.05) is 12.6 Å². The number of nitrogens with one attached hydrogen (secondary N) is 2. The van der Waals surface area contributed by atoms with Crippen molar-refractivity contribution in [3.8, 4) is 0 Å². The Kier molecular flexibility index (Phi) is 7.89. The number of hydrogen-bond donors (Lipinski definition) is 2. The minimum absolute atomic E-state index is 0.182. The fourth-order valence-electron chi connectivity index (χ4n) is 4.58. The fraction of sp³-hybridized carbons (Fsp3) is 0.565. The van der Waals surface area contributed by atoms with Crippen LogP contribution in [0.3, 0.4) is 0 Å². The molecule has 2 N–H and O–H groups in total. The number of carbonyl (C=O) groups is 1. The lowest BCUT2D eigenvalue weighted by molar-refractivity contribution is -0.118. The molecule has 2 aromatic rings. The molecule has 3 rings (SSSR count). The fourth-order valence-corrected chi connectivity index (χ4v) is 5.66. The van der Waals surface area contributed by atoms with Gasteiger partial charge in [-0.3, -0.25) is 10.1 Å². The Morgan fingerprint density at radius 1 is 1.30 bits per heavy atom. The van der Waals surface area contributed by atoms with Gasteiger partial charge in [0.25, 0.3) is 0 Å². The van der Waals surface area contributed by atoms with Crippen molar-refractivity contribution >= 4 is 17.7 Å². The second kappa shape index (κ2) is 10.3. The van der Waals surface area contributed by atoms with Crippen molar-refractivity contribution in [2.45, 2.75) is 70.1 Å². The predicted molar refractivity (Wildman–Crippen MR) is 126 cm³/mol. The highest BCUT2D eigenvalue weighted by Crippen LogP contribution is 2.35. The Morgan fingerprint density at radius 3 is 2.64 bits per heavy atom. The molecular formula is C23H32F2N6OS. The van der Waals surface area contributed by atoms with Gasteiger partial charge in [0.05, 0.1) is 11.6 Å². The Balaban J connectivity index is 1.97. The van der Waals surface area contributed by atoms with Gasteiger partial charge < -0.3 is 5.32 Å². The molecule has 1 saturated heterocycles. The van der Waals surface area contributed by atoms with Crippen LogP contribution in [0.1, 0.15) is 70.4 Å². The van der Waals surface area contributed by atoms with Crippen molar-refractivity contribution < 1.29 is 13.6 Å². The zero-order valence-electron chi connectivity index (χ0n) is 19.6. The van der Waals surface area contributed by atoms with Crippen LogP contribution in [0.4, 0.5) is 8.78 Å². The standard InChI is InChI=1S/C23H32F2N6OS/c1-6-20(32)27-22(3,4)14-23(5,26-15(2)16-7-8-18(24)19(25)13-16)21-28-29-30-31(21)17-9-11-33-12-10-17/h6-8,13,15,17,26H,1,9-12,14H2,2-5H3,(H,27,32)/t15-,23?/m0/s1. The lowest BCUT2D eigenvalue weighted by Gasteiger charge is -2.40. The summed E-state index contributed by atoms with van der Waals surface area (Å²) in [6.07, 6.45) is 3.61. The van der Waals surface area contributed by atoms with Gasteiger partial charge in [0.15, 0.2) is 17.5 Å². The Morgan fingerprint density at radius 2 is 2.00 bits per heavy atom. The van der Waals surface area contributed by atoms with Gasteiger partial charge in [-0.2, -0.15) is 11.8 Å². The number of hydrogen-bond acceptors (Lipinski definition) is 6. The summed E-state index contributed by atoms with van der Waals surface area (Å²) in [6.45, 7) is 11.2. The molecule has 10 heteroatoms. The summed E-state index contributed by atoms with van der Waals surface area (Å²) in [5, 5.41) is 19.2. The van der Waals surface area contributed by atoms with Crippen molar-refractivity contribution in [3.63, 3.8) is 0 Å². The van der Waals surface area contributed by atoms with Crippen molar-refractivity contribution in [2.24, 2.45) is 0 Å². The predicted octanol–water partition coefficient (Wildman–Crippen LogP) is 4.06. The van der Waals surface area contributed by atoms with E-state index in [9.17, 15) is 13.6 Å². The maximum absolute atomic E-state index is 13.9. The number of tetrazole rings is 1. The summed E-state index contributed by atoms with van der Waals surface area (Å²) in [5.41, 5.74) is -0.836. The number of rotatable bonds is 9. The van der Waals surface area contributed by atoms with Gasteiger partial charge in [0.1, 0.15) is 0 Å². The highest BCUT2D eigenvalue weighted by atomic mass is 32.2. The van der Waals surface area contributed by atoms with Gasteiger partial charge in [0, 0.05) is 11.6 Å². The molecule has 33 heavy (non-hydrogen) atoms. The van der Waals surface area contributed by atoms with E-state index in [2.05, 4.69) is 32.7 Å². The molecule has 1 aromatic carbocycles. The maximum Gasteiger partial charge on any atom is 0.243 e. The first kappa shape index (κ1) is 25.3. The molecule has 180 valence electrons. The molecular weight excluding hydrogens is 446 g/mol. The molecule has 1 aliphatic heterocycles. The van der Waals surface area contributed by atoms with Crippen molar-refractivity contribution in [1.82, 2.24) is 30.8 Å². The first-order chi connectivity index (χ1) is 15.5. The number of aromatic nitrogens is 4. The third-order valence-electron chi connectivity index (χ3n) is 5.94. The summed E-state index contributed by atoms with van der Waals surface area (Å²) in [6, 6.07) is 3.71. The van der Waals surface area contributed by atoms with Gasteiger partial charge in [-0.05, 0) is 92.7 Å².